The van der Waals surface area contributed by atoms with Gasteiger partial charge in [0.1, 0.15) is 0 Å². The van der Waals surface area contributed by atoms with Crippen LogP contribution in [-0.2, 0) is 0 Å². The summed E-state index contributed by atoms with van der Waals surface area (Å²) < 4.78 is 0. The van der Waals surface area contributed by atoms with Crippen LogP contribution in [0.1, 0.15) is 45.3 Å². The number of pyridine rings is 1. The molecule has 9 heteroatoms. The molecular weight excluding hydrogens is 680 g/mol. The van der Waals surface area contributed by atoms with Crippen molar-refractivity contribution in [1.82, 2.24) is 24.9 Å². The maximum Gasteiger partial charge on any atom is 0.0555 e. The number of benzene rings is 4. The highest BCUT2D eigenvalue weighted by atomic mass is 35.5. The first kappa shape index (κ1) is 29.5. The third kappa shape index (κ3) is 4.89. The molecule has 0 aliphatic carbocycles. The van der Waals surface area contributed by atoms with Crippen LogP contribution in [0.5, 0.6) is 0 Å². The molecule has 5 aromatic heterocycles. The minimum atomic E-state index is -0.212. The third-order valence-corrected chi connectivity index (χ3v) is 10.3. The van der Waals surface area contributed by atoms with Gasteiger partial charge in [0.15, 0.2) is 0 Å². The molecule has 0 saturated heterocycles. The molecule has 5 heterocycles. The van der Waals surface area contributed by atoms with Crippen LogP contribution in [0.4, 0.5) is 0 Å². The second kappa shape index (κ2) is 11.5. The van der Waals surface area contributed by atoms with Crippen LogP contribution in [0.15, 0.2) is 116 Å². The van der Waals surface area contributed by atoms with Crippen LogP contribution in [0.25, 0.3) is 43.6 Å². The SMILES string of the molecule is Clc1ccc2[nH]cc(C(c3ccc(C(c4c[nH]c5ccc(Cl)cc45)c4c[nH]c5ccc(Cl)cc45)nc3)c3c[nH]c4ccc(Cl)cc34)c2c1. The lowest BCUT2D eigenvalue weighted by Crippen LogP contribution is -2.08. The van der Waals surface area contributed by atoms with E-state index in [0.717, 1.165) is 77.1 Å². The van der Waals surface area contributed by atoms with Crippen LogP contribution < -0.4 is 0 Å². The maximum atomic E-state index is 6.52. The molecule has 0 aliphatic heterocycles. The summed E-state index contributed by atoms with van der Waals surface area (Å²) in [6.07, 6.45) is 10.2. The molecule has 0 spiro atoms. The molecule has 234 valence electrons. The van der Waals surface area contributed by atoms with Crippen molar-refractivity contribution in [2.75, 3.05) is 0 Å². The highest BCUT2D eigenvalue weighted by Crippen LogP contribution is 2.43. The van der Waals surface area contributed by atoms with E-state index >= 15 is 0 Å². The Balaban J connectivity index is 1.24. The van der Waals surface area contributed by atoms with Crippen LogP contribution in [0, 0.1) is 0 Å². The van der Waals surface area contributed by atoms with E-state index in [-0.39, 0.29) is 11.8 Å². The molecule has 0 saturated carbocycles. The van der Waals surface area contributed by atoms with Crippen LogP contribution >= 0.6 is 46.4 Å². The Labute approximate surface area is 294 Å². The first-order chi connectivity index (χ1) is 23.4. The number of aromatic nitrogens is 5. The second-order valence-electron chi connectivity index (χ2n) is 12.1. The number of nitrogens with zero attached hydrogens (tertiary/aromatic N) is 1. The Bertz CT molecular complexity index is 2300. The van der Waals surface area contributed by atoms with E-state index in [1.165, 1.54) is 0 Å². The summed E-state index contributed by atoms with van der Waals surface area (Å²) in [5, 5.41) is 6.89. The van der Waals surface area contributed by atoms with Gasteiger partial charge >= 0.3 is 0 Å². The monoisotopic (exact) mass is 703 g/mol. The van der Waals surface area contributed by atoms with Crippen molar-refractivity contribution in [2.24, 2.45) is 0 Å². The summed E-state index contributed by atoms with van der Waals surface area (Å²) in [7, 11) is 0. The van der Waals surface area contributed by atoms with Gasteiger partial charge < -0.3 is 19.9 Å². The molecule has 9 aromatic rings. The van der Waals surface area contributed by atoms with E-state index in [0.29, 0.717) is 20.1 Å². The summed E-state index contributed by atoms with van der Waals surface area (Å²) >= 11 is 26.1. The van der Waals surface area contributed by atoms with E-state index in [1.54, 1.807) is 0 Å². The lowest BCUT2D eigenvalue weighted by molar-refractivity contribution is 0.909. The Morgan fingerprint density at radius 1 is 0.417 bits per heavy atom. The summed E-state index contributed by atoms with van der Waals surface area (Å²) in [6, 6.07) is 28.0. The van der Waals surface area contributed by atoms with Gasteiger partial charge in [-0.05, 0) is 107 Å². The van der Waals surface area contributed by atoms with Gasteiger partial charge in [-0.15, -0.1) is 0 Å². The topological polar surface area (TPSA) is 76.0 Å². The van der Waals surface area contributed by atoms with Gasteiger partial charge in [0.05, 0.1) is 11.6 Å². The normalized spacial score (nSPS) is 12.1. The number of fused-ring (bicyclic) bond motifs is 4. The van der Waals surface area contributed by atoms with Gasteiger partial charge in [0.2, 0.25) is 0 Å². The molecule has 0 amide bonds. The zero-order valence-corrected chi connectivity index (χ0v) is 28.1. The minimum absolute atomic E-state index is 0.164. The van der Waals surface area contributed by atoms with Crippen LogP contribution in [0.2, 0.25) is 20.1 Å². The fourth-order valence-electron chi connectivity index (χ4n) is 7.18. The highest BCUT2D eigenvalue weighted by molar-refractivity contribution is 6.32. The average molecular weight is 705 g/mol. The second-order valence-corrected chi connectivity index (χ2v) is 13.9. The molecule has 0 radical (unpaired) electrons. The Kier molecular flexibility index (Phi) is 7.06. The largest absolute Gasteiger partial charge is 0.361 e. The fraction of sp³-hybridized carbons (Fsp3) is 0.0513. The predicted octanol–water partition coefficient (Wildman–Crippen LogP) is 12.0. The van der Waals surface area contributed by atoms with Gasteiger partial charge in [0, 0.05) is 101 Å². The molecule has 0 unspecified atom stereocenters. The number of halogens is 4. The molecule has 0 atom stereocenters. The fourth-order valence-corrected chi connectivity index (χ4v) is 7.87. The summed E-state index contributed by atoms with van der Waals surface area (Å²) in [6.45, 7) is 0. The zero-order valence-electron chi connectivity index (χ0n) is 25.1. The molecule has 0 aliphatic rings. The molecule has 48 heavy (non-hydrogen) atoms. The summed E-state index contributed by atoms with van der Waals surface area (Å²) in [4.78, 5) is 19.0. The number of aromatic amines is 4. The van der Waals surface area contributed by atoms with Gasteiger partial charge in [-0.3, -0.25) is 4.98 Å². The number of hydrogen-bond acceptors (Lipinski definition) is 1. The molecule has 9 rings (SSSR count). The number of H-pyrrole nitrogens is 4. The summed E-state index contributed by atoms with van der Waals surface area (Å²) in [5.74, 6) is -0.376. The van der Waals surface area contributed by atoms with E-state index in [9.17, 15) is 0 Å². The maximum absolute atomic E-state index is 6.52. The number of hydrogen-bond donors (Lipinski definition) is 4. The third-order valence-electron chi connectivity index (χ3n) is 9.39. The standard InChI is InChI=1S/C39H25Cl4N5/c40-21-2-7-33-25(11-21)29(16-45-33)38(30-17-46-34-8-3-22(41)12-26(30)34)20-1-6-37(44-15-20)39(31-18-47-35-9-4-23(42)13-27(31)35)32-19-48-36-10-5-24(43)14-28(32)36/h1-19,38-39,45-48H. The van der Waals surface area contributed by atoms with Crippen molar-refractivity contribution in [2.45, 2.75) is 11.8 Å². The smallest absolute Gasteiger partial charge is 0.0555 e. The van der Waals surface area contributed by atoms with E-state index in [2.05, 4.69) is 56.9 Å². The molecule has 0 bridgehead atoms. The predicted molar refractivity (Wildman–Crippen MR) is 199 cm³/mol. The molecular formula is C39H25Cl4N5. The van der Waals surface area contributed by atoms with Crippen LogP contribution in [-0.4, -0.2) is 24.9 Å². The van der Waals surface area contributed by atoms with Crippen molar-refractivity contribution in [3.63, 3.8) is 0 Å². The van der Waals surface area contributed by atoms with Crippen molar-refractivity contribution >= 4 is 90.0 Å². The zero-order chi connectivity index (χ0) is 32.5. The highest BCUT2D eigenvalue weighted by Gasteiger charge is 2.27. The average Bonchev–Trinajstić information content (AvgIpc) is 3.89. The molecule has 0 fully saturated rings. The number of rotatable bonds is 6. The van der Waals surface area contributed by atoms with Crippen LogP contribution in [0.3, 0.4) is 0 Å². The summed E-state index contributed by atoms with van der Waals surface area (Å²) in [5.41, 5.74) is 10.3. The quantitative estimate of drug-likeness (QED) is 0.137. The van der Waals surface area contributed by atoms with E-state index in [4.69, 9.17) is 51.4 Å². The van der Waals surface area contributed by atoms with Gasteiger partial charge in [-0.1, -0.05) is 52.5 Å². The Morgan fingerprint density at radius 3 is 1.10 bits per heavy atom. The van der Waals surface area contributed by atoms with Crippen molar-refractivity contribution in [3.8, 4) is 0 Å². The van der Waals surface area contributed by atoms with Gasteiger partial charge in [-0.25, -0.2) is 0 Å². The van der Waals surface area contributed by atoms with E-state index < -0.39 is 0 Å². The Hall–Kier alpha value is -4.65. The number of nitrogens with one attached hydrogen (secondary N) is 4. The molecule has 5 nitrogen and oxygen atoms in total. The first-order valence-corrected chi connectivity index (χ1v) is 16.9. The van der Waals surface area contributed by atoms with Crippen molar-refractivity contribution in [1.29, 1.82) is 0 Å². The molecule has 4 aromatic carbocycles. The molecule has 4 N–H and O–H groups in total. The Morgan fingerprint density at radius 2 is 0.771 bits per heavy atom. The first-order valence-electron chi connectivity index (χ1n) is 15.4. The van der Waals surface area contributed by atoms with E-state index in [1.807, 2.05) is 79.0 Å². The van der Waals surface area contributed by atoms with Crippen molar-refractivity contribution < 1.29 is 0 Å². The minimum Gasteiger partial charge on any atom is -0.361 e. The van der Waals surface area contributed by atoms with Gasteiger partial charge in [0.25, 0.3) is 0 Å². The lowest BCUT2D eigenvalue weighted by Gasteiger charge is -2.20. The van der Waals surface area contributed by atoms with Gasteiger partial charge in [-0.2, -0.15) is 0 Å². The van der Waals surface area contributed by atoms with Crippen molar-refractivity contribution in [3.05, 3.63) is 170 Å². The lowest BCUT2D eigenvalue weighted by atomic mass is 9.84.